The molecule has 1 aliphatic rings. The molecule has 0 bridgehead atoms. The largest absolute Gasteiger partial charge is 0.358 e. The maximum atomic E-state index is 2.58. The van der Waals surface area contributed by atoms with E-state index in [2.05, 4.69) is 139 Å². The highest BCUT2D eigenvalue weighted by Crippen LogP contribution is 2.29. The van der Waals surface area contributed by atoms with Crippen molar-refractivity contribution in [1.29, 1.82) is 0 Å². The van der Waals surface area contributed by atoms with E-state index < -0.39 is 0 Å². The van der Waals surface area contributed by atoms with Crippen molar-refractivity contribution in [2.24, 2.45) is 7.05 Å². The number of aryl methyl sites for hydroxylation is 2. The van der Waals surface area contributed by atoms with Crippen molar-refractivity contribution in [3.63, 3.8) is 0 Å². The molecule has 2 heterocycles. The Morgan fingerprint density at radius 2 is 1.57 bits per heavy atom. The monoisotopic (exact) mass is 516 g/mol. The highest BCUT2D eigenvalue weighted by Gasteiger charge is 2.22. The molecule has 0 saturated heterocycles. The predicted molar refractivity (Wildman–Crippen MR) is 160 cm³/mol. The SMILES string of the molecule is Cc1ccc2sc(/C=C3\C=CN(c4ccccc4)C(N(CCCN(C)C)CCCN(C)C)=C3)[n+](C)c2c1. The molecule has 37 heavy (non-hydrogen) atoms. The van der Waals surface area contributed by atoms with Crippen molar-refractivity contribution in [2.75, 3.05) is 59.3 Å². The molecule has 2 aromatic carbocycles. The zero-order valence-electron chi connectivity index (χ0n) is 23.3. The molecule has 0 aliphatic carbocycles. The summed E-state index contributed by atoms with van der Waals surface area (Å²) in [6.45, 7) is 6.37. The van der Waals surface area contributed by atoms with E-state index in [0.717, 1.165) is 39.0 Å². The number of rotatable bonds is 11. The lowest BCUT2D eigenvalue weighted by atomic mass is 10.1. The first-order valence-corrected chi connectivity index (χ1v) is 14.0. The van der Waals surface area contributed by atoms with Crippen molar-refractivity contribution in [1.82, 2.24) is 14.7 Å². The van der Waals surface area contributed by atoms with E-state index >= 15 is 0 Å². The summed E-state index contributed by atoms with van der Waals surface area (Å²) in [7, 11) is 10.8. The zero-order valence-corrected chi connectivity index (χ0v) is 24.1. The summed E-state index contributed by atoms with van der Waals surface area (Å²) in [5, 5.41) is 1.26. The predicted octanol–water partition coefficient (Wildman–Crippen LogP) is 5.50. The Hall–Kier alpha value is -2.93. The molecule has 0 unspecified atom stereocenters. The summed E-state index contributed by atoms with van der Waals surface area (Å²) in [5.41, 5.74) is 5.01. The molecule has 0 spiro atoms. The van der Waals surface area contributed by atoms with Gasteiger partial charge in [0.2, 0.25) is 5.52 Å². The maximum absolute atomic E-state index is 2.58. The summed E-state index contributed by atoms with van der Waals surface area (Å²) in [4.78, 5) is 9.47. The van der Waals surface area contributed by atoms with Gasteiger partial charge in [-0.2, -0.15) is 4.57 Å². The molecule has 0 fully saturated rings. The highest BCUT2D eigenvalue weighted by atomic mass is 32.1. The van der Waals surface area contributed by atoms with Crippen LogP contribution >= 0.6 is 11.3 Å². The fourth-order valence-electron chi connectivity index (χ4n) is 4.69. The summed E-state index contributed by atoms with van der Waals surface area (Å²) in [6.07, 6.45) is 11.4. The number of aromatic nitrogens is 1. The lowest BCUT2D eigenvalue weighted by molar-refractivity contribution is -0.642. The Balaban J connectivity index is 1.71. The minimum atomic E-state index is 1.03. The molecule has 6 heteroatoms. The third-order valence-electron chi connectivity index (χ3n) is 6.69. The van der Waals surface area contributed by atoms with Crippen LogP contribution in [0.25, 0.3) is 16.3 Å². The van der Waals surface area contributed by atoms with Crippen LogP contribution in [0, 0.1) is 6.92 Å². The fraction of sp³-hybridized carbons (Fsp3) is 0.387. The van der Waals surface area contributed by atoms with Crippen LogP contribution in [0.4, 0.5) is 5.69 Å². The Bertz CT molecular complexity index is 1260. The first-order valence-electron chi connectivity index (χ1n) is 13.2. The molecular formula is C31H42N5S+. The second kappa shape index (κ2) is 12.5. The van der Waals surface area contributed by atoms with Gasteiger partial charge in [-0.05, 0) is 103 Å². The van der Waals surface area contributed by atoms with E-state index in [1.54, 1.807) is 0 Å². The minimum Gasteiger partial charge on any atom is -0.358 e. The van der Waals surface area contributed by atoms with Crippen LogP contribution in [0.1, 0.15) is 23.4 Å². The van der Waals surface area contributed by atoms with Gasteiger partial charge in [0.05, 0.1) is 0 Å². The summed E-state index contributed by atoms with van der Waals surface area (Å²) < 4.78 is 3.64. The molecule has 0 amide bonds. The van der Waals surface area contributed by atoms with Gasteiger partial charge < -0.3 is 19.6 Å². The maximum Gasteiger partial charge on any atom is 0.263 e. The molecule has 0 saturated carbocycles. The molecule has 0 N–H and O–H groups in total. The van der Waals surface area contributed by atoms with Gasteiger partial charge in [0.1, 0.15) is 17.6 Å². The first-order chi connectivity index (χ1) is 17.8. The van der Waals surface area contributed by atoms with Gasteiger partial charge >= 0.3 is 0 Å². The molecule has 0 atom stereocenters. The lowest BCUT2D eigenvalue weighted by Gasteiger charge is -2.36. The van der Waals surface area contributed by atoms with Crippen molar-refractivity contribution in [2.45, 2.75) is 19.8 Å². The van der Waals surface area contributed by atoms with Gasteiger partial charge in [0.25, 0.3) is 5.01 Å². The molecule has 3 aromatic rings. The average Bonchev–Trinajstić information content (AvgIpc) is 3.17. The van der Waals surface area contributed by atoms with Gasteiger partial charge in [-0.25, -0.2) is 0 Å². The molecule has 1 aliphatic heterocycles. The van der Waals surface area contributed by atoms with Crippen molar-refractivity contribution < 1.29 is 4.57 Å². The molecule has 0 radical (unpaired) electrons. The number of allylic oxidation sites excluding steroid dienone is 3. The molecule has 5 nitrogen and oxygen atoms in total. The normalized spacial score (nSPS) is 14.9. The summed E-state index contributed by atoms with van der Waals surface area (Å²) in [6, 6.07) is 17.4. The Labute approximate surface area is 227 Å². The van der Waals surface area contributed by atoms with Crippen LogP contribution in [-0.4, -0.2) is 69.1 Å². The average molecular weight is 517 g/mol. The first kappa shape index (κ1) is 27.1. The quantitative estimate of drug-likeness (QED) is 0.313. The van der Waals surface area contributed by atoms with Crippen LogP contribution in [0.5, 0.6) is 0 Å². The van der Waals surface area contributed by atoms with Gasteiger partial charge in [-0.3, -0.25) is 0 Å². The van der Waals surface area contributed by atoms with Crippen molar-refractivity contribution in [3.8, 4) is 0 Å². The number of hydrogen-bond acceptors (Lipinski definition) is 5. The second-order valence-corrected chi connectivity index (χ2v) is 11.5. The van der Waals surface area contributed by atoms with Gasteiger partial charge in [-0.1, -0.05) is 35.6 Å². The lowest BCUT2D eigenvalue weighted by Crippen LogP contribution is -2.37. The minimum absolute atomic E-state index is 1.03. The standard InChI is InChI=1S/C31H42N5S/c1-25-14-15-29-28(22-25)34(6)31(37-29)24-26-16-21-36(27-12-8-7-9-13-27)30(23-26)35(19-10-17-32(2)3)20-11-18-33(4)5/h7-9,12-16,21-24H,10-11,17-20H2,1-6H3/q+1. The van der Waals surface area contributed by atoms with E-state index in [9.17, 15) is 0 Å². The van der Waals surface area contributed by atoms with Crippen LogP contribution < -0.4 is 9.47 Å². The Kier molecular flexibility index (Phi) is 9.19. The van der Waals surface area contributed by atoms with Crippen LogP contribution in [0.15, 0.2) is 78.3 Å². The Morgan fingerprint density at radius 1 is 0.892 bits per heavy atom. The second-order valence-electron chi connectivity index (χ2n) is 10.4. The van der Waals surface area contributed by atoms with E-state index in [4.69, 9.17) is 0 Å². The smallest absolute Gasteiger partial charge is 0.263 e. The fourth-order valence-corrected chi connectivity index (χ4v) is 5.78. The number of anilines is 1. The number of hydrogen-bond donors (Lipinski definition) is 0. The third-order valence-corrected chi connectivity index (χ3v) is 7.86. The highest BCUT2D eigenvalue weighted by molar-refractivity contribution is 7.18. The van der Waals surface area contributed by atoms with Crippen molar-refractivity contribution >= 4 is 33.3 Å². The molecule has 196 valence electrons. The van der Waals surface area contributed by atoms with E-state index in [1.165, 1.54) is 37.9 Å². The van der Waals surface area contributed by atoms with Crippen molar-refractivity contribution in [3.05, 3.63) is 88.8 Å². The van der Waals surface area contributed by atoms with Gasteiger partial charge in [0, 0.05) is 37.1 Å². The number of benzene rings is 2. The molecule has 1 aromatic heterocycles. The van der Waals surface area contributed by atoms with Crippen LogP contribution in [0.2, 0.25) is 0 Å². The molecule has 4 rings (SSSR count). The summed E-state index contributed by atoms with van der Waals surface area (Å²) in [5.74, 6) is 1.25. The van der Waals surface area contributed by atoms with Crippen LogP contribution in [-0.2, 0) is 7.05 Å². The van der Waals surface area contributed by atoms with E-state index in [-0.39, 0.29) is 0 Å². The zero-order chi connectivity index (χ0) is 26.4. The number of fused-ring (bicyclic) bond motifs is 1. The van der Waals surface area contributed by atoms with Gasteiger partial charge in [0.15, 0.2) is 0 Å². The number of nitrogens with zero attached hydrogens (tertiary/aromatic N) is 5. The number of thiazole rings is 1. The summed E-state index contributed by atoms with van der Waals surface area (Å²) >= 11 is 1.85. The third kappa shape index (κ3) is 7.10. The molecular weight excluding hydrogens is 474 g/mol. The van der Waals surface area contributed by atoms with Crippen LogP contribution in [0.3, 0.4) is 0 Å². The van der Waals surface area contributed by atoms with E-state index in [1.807, 2.05) is 11.3 Å². The number of para-hydroxylation sites is 1. The Morgan fingerprint density at radius 3 is 2.22 bits per heavy atom. The van der Waals surface area contributed by atoms with Gasteiger partial charge in [-0.15, -0.1) is 0 Å². The van der Waals surface area contributed by atoms with E-state index in [0.29, 0.717) is 0 Å². The topological polar surface area (TPSA) is 16.8 Å².